The maximum Gasteiger partial charge on any atom is 0.408 e. The SMILES string of the molecule is CCOC(c1nc(Br)cs1)C(NC(=O)OC(C)(C)C)C(=O)O. The van der Waals surface area contributed by atoms with E-state index in [4.69, 9.17) is 9.47 Å². The Morgan fingerprint density at radius 1 is 1.50 bits per heavy atom. The van der Waals surface area contributed by atoms with Crippen LogP contribution in [0.25, 0.3) is 0 Å². The van der Waals surface area contributed by atoms with Crippen molar-refractivity contribution >= 4 is 39.3 Å². The zero-order valence-electron chi connectivity index (χ0n) is 12.8. The minimum Gasteiger partial charge on any atom is -0.480 e. The third-order valence-corrected chi connectivity index (χ3v) is 3.94. The minimum atomic E-state index is -1.30. The standard InChI is InChI=1S/C13H19BrN2O5S/c1-5-20-9(10-15-7(14)6-22-10)8(11(17)18)16-12(19)21-13(2,3)4/h6,8-9H,5H2,1-4H3,(H,16,19)(H,17,18). The van der Waals surface area contributed by atoms with E-state index in [-0.39, 0.29) is 6.61 Å². The molecule has 0 saturated heterocycles. The average molecular weight is 395 g/mol. The van der Waals surface area contributed by atoms with Gasteiger partial charge in [0.2, 0.25) is 0 Å². The zero-order valence-corrected chi connectivity index (χ0v) is 15.2. The van der Waals surface area contributed by atoms with E-state index >= 15 is 0 Å². The molecular formula is C13H19BrN2O5S. The number of hydrogen-bond acceptors (Lipinski definition) is 6. The number of aromatic nitrogens is 1. The molecule has 124 valence electrons. The number of hydrogen-bond donors (Lipinski definition) is 2. The third-order valence-electron chi connectivity index (χ3n) is 2.32. The monoisotopic (exact) mass is 394 g/mol. The first-order chi connectivity index (χ1) is 10.1. The van der Waals surface area contributed by atoms with Crippen LogP contribution in [0.4, 0.5) is 4.79 Å². The Bertz CT molecular complexity index is 529. The summed E-state index contributed by atoms with van der Waals surface area (Å²) in [4.78, 5) is 27.5. The minimum absolute atomic E-state index is 0.279. The van der Waals surface area contributed by atoms with Crippen LogP contribution in [0.2, 0.25) is 0 Å². The van der Waals surface area contributed by atoms with Crippen molar-refractivity contribution in [3.63, 3.8) is 0 Å². The lowest BCUT2D eigenvalue weighted by Crippen LogP contribution is -2.47. The van der Waals surface area contributed by atoms with Gasteiger partial charge in [-0.25, -0.2) is 14.6 Å². The number of ether oxygens (including phenoxy) is 2. The lowest BCUT2D eigenvalue weighted by atomic mass is 10.1. The molecule has 0 aliphatic heterocycles. The van der Waals surface area contributed by atoms with Crippen LogP contribution in [-0.4, -0.2) is 40.4 Å². The van der Waals surface area contributed by atoms with Crippen LogP contribution in [0.5, 0.6) is 0 Å². The predicted molar refractivity (Wildman–Crippen MR) is 85.0 cm³/mol. The second-order valence-electron chi connectivity index (χ2n) is 5.35. The van der Waals surface area contributed by atoms with Crippen molar-refractivity contribution in [3.8, 4) is 0 Å². The van der Waals surface area contributed by atoms with Crippen molar-refractivity contribution in [2.75, 3.05) is 6.61 Å². The second-order valence-corrected chi connectivity index (χ2v) is 7.05. The van der Waals surface area contributed by atoms with Crippen molar-refractivity contribution in [3.05, 3.63) is 15.0 Å². The lowest BCUT2D eigenvalue weighted by Gasteiger charge is -2.25. The number of thiazole rings is 1. The van der Waals surface area contributed by atoms with Crippen LogP contribution in [0.15, 0.2) is 9.98 Å². The molecule has 2 unspecified atom stereocenters. The van der Waals surface area contributed by atoms with Crippen LogP contribution in [-0.2, 0) is 14.3 Å². The summed E-state index contributed by atoms with van der Waals surface area (Å²) in [6.45, 7) is 7.10. The van der Waals surface area contributed by atoms with Gasteiger partial charge in [-0.15, -0.1) is 11.3 Å². The van der Waals surface area contributed by atoms with Crippen LogP contribution < -0.4 is 5.32 Å². The summed E-state index contributed by atoms with van der Waals surface area (Å²) in [5.41, 5.74) is -0.724. The van der Waals surface area contributed by atoms with E-state index in [1.165, 1.54) is 11.3 Å². The van der Waals surface area contributed by atoms with Crippen molar-refractivity contribution in [1.29, 1.82) is 0 Å². The molecule has 0 aliphatic carbocycles. The summed E-state index contributed by atoms with van der Waals surface area (Å²) in [6, 6.07) is -1.30. The van der Waals surface area contributed by atoms with Gasteiger partial charge < -0.3 is 19.9 Å². The third kappa shape index (κ3) is 5.90. The Balaban J connectivity index is 2.94. The molecule has 0 saturated carbocycles. The number of carbonyl (C=O) groups is 2. The van der Waals surface area contributed by atoms with Gasteiger partial charge in [0.1, 0.15) is 21.3 Å². The molecule has 1 rings (SSSR count). The molecule has 1 heterocycles. The smallest absolute Gasteiger partial charge is 0.408 e. The second kappa shape index (κ2) is 7.89. The molecule has 1 aromatic rings. The first-order valence-corrected chi connectivity index (χ1v) is 8.26. The van der Waals surface area contributed by atoms with Gasteiger partial charge in [-0.3, -0.25) is 0 Å². The first kappa shape index (κ1) is 18.9. The topological polar surface area (TPSA) is 97.8 Å². The normalized spacial score (nSPS) is 14.2. The highest BCUT2D eigenvalue weighted by atomic mass is 79.9. The maximum atomic E-state index is 11.8. The predicted octanol–water partition coefficient (Wildman–Crippen LogP) is 2.96. The molecule has 0 spiro atoms. The molecule has 0 radical (unpaired) electrons. The molecule has 9 heteroatoms. The number of carboxylic acids is 1. The number of rotatable bonds is 6. The summed E-state index contributed by atoms with van der Waals surface area (Å²) in [5, 5.41) is 13.9. The molecular weight excluding hydrogens is 376 g/mol. The number of carbonyl (C=O) groups excluding carboxylic acids is 1. The fourth-order valence-electron chi connectivity index (χ4n) is 1.59. The highest BCUT2D eigenvalue weighted by Crippen LogP contribution is 2.27. The highest BCUT2D eigenvalue weighted by molar-refractivity contribution is 9.10. The van der Waals surface area contributed by atoms with Crippen molar-refractivity contribution in [2.45, 2.75) is 45.4 Å². The first-order valence-electron chi connectivity index (χ1n) is 6.59. The van der Waals surface area contributed by atoms with E-state index in [0.29, 0.717) is 9.61 Å². The van der Waals surface area contributed by atoms with E-state index in [2.05, 4.69) is 26.2 Å². The fourth-order valence-corrected chi connectivity index (χ4v) is 2.94. The van der Waals surface area contributed by atoms with Gasteiger partial charge in [0.25, 0.3) is 0 Å². The van der Waals surface area contributed by atoms with Gasteiger partial charge >= 0.3 is 12.1 Å². The van der Waals surface area contributed by atoms with Crippen LogP contribution in [0.3, 0.4) is 0 Å². The van der Waals surface area contributed by atoms with Crippen molar-refractivity contribution in [1.82, 2.24) is 10.3 Å². The molecule has 0 aromatic carbocycles. The van der Waals surface area contributed by atoms with Crippen LogP contribution >= 0.6 is 27.3 Å². The molecule has 0 fully saturated rings. The Morgan fingerprint density at radius 3 is 2.55 bits per heavy atom. The van der Waals surface area contributed by atoms with Crippen LogP contribution in [0, 0.1) is 0 Å². The Hall–Kier alpha value is -1.19. The van der Waals surface area contributed by atoms with E-state index < -0.39 is 29.8 Å². The lowest BCUT2D eigenvalue weighted by molar-refractivity contribution is -0.144. The highest BCUT2D eigenvalue weighted by Gasteiger charge is 2.35. The molecule has 0 bridgehead atoms. The number of alkyl carbamates (subject to hydrolysis) is 1. The number of aliphatic carboxylic acids is 1. The Labute approximate surface area is 141 Å². The summed E-state index contributed by atoms with van der Waals surface area (Å²) >= 11 is 4.46. The molecule has 2 N–H and O–H groups in total. The van der Waals surface area contributed by atoms with Gasteiger partial charge in [0.15, 0.2) is 6.04 Å². The largest absolute Gasteiger partial charge is 0.480 e. The number of nitrogens with zero attached hydrogens (tertiary/aromatic N) is 1. The van der Waals surface area contributed by atoms with E-state index in [1.807, 2.05) is 0 Å². The molecule has 2 atom stereocenters. The van der Waals surface area contributed by atoms with Gasteiger partial charge in [-0.05, 0) is 43.6 Å². The van der Waals surface area contributed by atoms with E-state index in [1.54, 1.807) is 33.1 Å². The molecule has 1 aromatic heterocycles. The zero-order chi connectivity index (χ0) is 16.9. The quantitative estimate of drug-likeness (QED) is 0.769. The summed E-state index contributed by atoms with van der Waals surface area (Å²) in [5.74, 6) is -1.23. The van der Waals surface area contributed by atoms with Gasteiger partial charge in [-0.1, -0.05) is 0 Å². The molecule has 0 aliphatic rings. The molecule has 7 nitrogen and oxygen atoms in total. The van der Waals surface area contributed by atoms with Crippen molar-refractivity contribution < 1.29 is 24.2 Å². The number of carboxylic acid groups (broad SMARTS) is 1. The summed E-state index contributed by atoms with van der Waals surface area (Å²) in [6.07, 6.45) is -1.72. The van der Waals surface area contributed by atoms with E-state index in [9.17, 15) is 14.7 Å². The fraction of sp³-hybridized carbons (Fsp3) is 0.615. The summed E-state index contributed by atoms with van der Waals surface area (Å²) in [7, 11) is 0. The maximum absolute atomic E-state index is 11.8. The van der Waals surface area contributed by atoms with Gasteiger partial charge in [0, 0.05) is 12.0 Å². The number of amides is 1. The number of halogens is 1. The van der Waals surface area contributed by atoms with Crippen LogP contribution in [0.1, 0.15) is 38.8 Å². The van der Waals surface area contributed by atoms with E-state index in [0.717, 1.165) is 0 Å². The number of nitrogens with one attached hydrogen (secondary N) is 1. The average Bonchev–Trinajstić information content (AvgIpc) is 2.77. The Kier molecular flexibility index (Phi) is 6.76. The van der Waals surface area contributed by atoms with Gasteiger partial charge in [0.05, 0.1) is 0 Å². The van der Waals surface area contributed by atoms with Gasteiger partial charge in [-0.2, -0.15) is 0 Å². The molecule has 1 amide bonds. The molecule has 22 heavy (non-hydrogen) atoms. The summed E-state index contributed by atoms with van der Waals surface area (Å²) < 4.78 is 11.1. The van der Waals surface area contributed by atoms with Crippen molar-refractivity contribution in [2.24, 2.45) is 0 Å². The Morgan fingerprint density at radius 2 is 2.14 bits per heavy atom.